The molecule has 0 aromatic heterocycles. The second-order valence-corrected chi connectivity index (χ2v) is 8.62. The highest BCUT2D eigenvalue weighted by molar-refractivity contribution is 5.69. The third-order valence-electron chi connectivity index (χ3n) is 5.48. The molecule has 0 spiro atoms. The monoisotopic (exact) mass is 438 g/mol. The smallest absolute Gasteiger partial charge is 0.305 e. The van der Waals surface area contributed by atoms with E-state index in [1.165, 1.54) is 89.9 Å². The topological polar surface area (TPSA) is 66.8 Å². The highest BCUT2D eigenvalue weighted by Crippen LogP contribution is 2.12. The molecule has 0 amide bonds. The minimum atomic E-state index is -0.961. The summed E-state index contributed by atoms with van der Waals surface area (Å²) in [4.78, 5) is 11.4. The quantitative estimate of drug-likeness (QED) is 0.102. The van der Waals surface area contributed by atoms with Crippen molar-refractivity contribution in [3.8, 4) is 0 Å². The summed E-state index contributed by atoms with van der Waals surface area (Å²) in [6.45, 7) is 1.78. The zero-order chi connectivity index (χ0) is 22.8. The van der Waals surface area contributed by atoms with Gasteiger partial charge in [-0.2, -0.15) is 0 Å². The molecule has 0 aliphatic rings. The Balaban J connectivity index is 3.24. The lowest BCUT2D eigenvalue weighted by Gasteiger charge is -2.08. The Labute approximate surface area is 192 Å². The van der Waals surface area contributed by atoms with Gasteiger partial charge >= 0.3 is 5.97 Å². The van der Waals surface area contributed by atoms with Gasteiger partial charge in [-0.15, -0.1) is 0 Å². The largest absolute Gasteiger partial charge is 0.463 e. The molecule has 0 saturated heterocycles. The van der Waals surface area contributed by atoms with E-state index in [1.54, 1.807) is 0 Å². The van der Waals surface area contributed by atoms with Crippen LogP contribution in [0.5, 0.6) is 0 Å². The Morgan fingerprint density at radius 3 is 1.74 bits per heavy atom. The molecule has 4 nitrogen and oxygen atoms in total. The van der Waals surface area contributed by atoms with E-state index >= 15 is 0 Å². The number of esters is 1. The van der Waals surface area contributed by atoms with Crippen LogP contribution < -0.4 is 0 Å². The van der Waals surface area contributed by atoms with E-state index in [2.05, 4.69) is 31.2 Å². The van der Waals surface area contributed by atoms with Crippen LogP contribution in [0, 0.1) is 0 Å². The normalized spacial score (nSPS) is 12.7. The van der Waals surface area contributed by atoms with Crippen molar-refractivity contribution in [2.45, 2.75) is 129 Å². The van der Waals surface area contributed by atoms with Crippen LogP contribution in [0.3, 0.4) is 0 Å². The molecule has 0 heterocycles. The van der Waals surface area contributed by atoms with E-state index in [-0.39, 0.29) is 19.2 Å². The Hall–Kier alpha value is -1.13. The fourth-order valence-electron chi connectivity index (χ4n) is 3.46. The molecule has 31 heavy (non-hydrogen) atoms. The van der Waals surface area contributed by atoms with E-state index in [9.17, 15) is 4.79 Å². The number of hydrogen-bond acceptors (Lipinski definition) is 4. The molecule has 0 aromatic carbocycles. The SMILES string of the molecule is CCCCCCC/C=C\C/C=C\CCCCCCCCCCCC(=O)OCC(O)CO. The van der Waals surface area contributed by atoms with Crippen LogP contribution in [0.15, 0.2) is 24.3 Å². The molecule has 0 aromatic rings. The minimum absolute atomic E-state index is 0.110. The molecule has 0 aliphatic heterocycles. The molecule has 1 unspecified atom stereocenters. The highest BCUT2D eigenvalue weighted by Gasteiger charge is 2.07. The second-order valence-electron chi connectivity index (χ2n) is 8.62. The van der Waals surface area contributed by atoms with Gasteiger partial charge in [-0.1, -0.05) is 102 Å². The molecule has 0 bridgehead atoms. The number of unbranched alkanes of at least 4 members (excludes halogenated alkanes) is 14. The summed E-state index contributed by atoms with van der Waals surface area (Å²) < 4.78 is 4.88. The highest BCUT2D eigenvalue weighted by atomic mass is 16.5. The van der Waals surface area contributed by atoms with Crippen LogP contribution in [0.1, 0.15) is 122 Å². The average Bonchev–Trinajstić information content (AvgIpc) is 2.78. The van der Waals surface area contributed by atoms with Gasteiger partial charge in [0.15, 0.2) is 0 Å². The number of carbonyl (C=O) groups is 1. The van der Waals surface area contributed by atoms with Crippen molar-refractivity contribution < 1.29 is 19.7 Å². The Morgan fingerprint density at radius 1 is 0.742 bits per heavy atom. The lowest BCUT2D eigenvalue weighted by atomic mass is 10.1. The molecule has 0 fully saturated rings. The maximum atomic E-state index is 11.4. The summed E-state index contributed by atoms with van der Waals surface area (Å²) in [6, 6.07) is 0. The van der Waals surface area contributed by atoms with Gasteiger partial charge in [-0.05, 0) is 38.5 Å². The van der Waals surface area contributed by atoms with E-state index in [4.69, 9.17) is 14.9 Å². The summed E-state index contributed by atoms with van der Waals surface area (Å²) >= 11 is 0. The van der Waals surface area contributed by atoms with Crippen LogP contribution in [0.4, 0.5) is 0 Å². The first kappa shape index (κ1) is 29.9. The van der Waals surface area contributed by atoms with Gasteiger partial charge in [-0.3, -0.25) is 4.79 Å². The molecule has 4 heteroatoms. The summed E-state index contributed by atoms with van der Waals surface area (Å²) in [7, 11) is 0. The van der Waals surface area contributed by atoms with Crippen molar-refractivity contribution in [2.75, 3.05) is 13.2 Å². The third-order valence-corrected chi connectivity index (χ3v) is 5.48. The maximum Gasteiger partial charge on any atom is 0.305 e. The second kappa shape index (κ2) is 25.1. The molecule has 0 rings (SSSR count). The van der Waals surface area contributed by atoms with E-state index in [0.29, 0.717) is 6.42 Å². The number of carbonyl (C=O) groups excluding carboxylic acids is 1. The molecule has 1 atom stereocenters. The van der Waals surface area contributed by atoms with Gasteiger partial charge in [0.1, 0.15) is 12.7 Å². The molecule has 0 saturated carbocycles. The van der Waals surface area contributed by atoms with Crippen molar-refractivity contribution in [3.05, 3.63) is 24.3 Å². The number of allylic oxidation sites excluding steroid dienone is 4. The molecular formula is C27H50O4. The first-order valence-electron chi connectivity index (χ1n) is 12.9. The molecule has 2 N–H and O–H groups in total. The number of rotatable bonds is 23. The number of hydrogen-bond donors (Lipinski definition) is 2. The van der Waals surface area contributed by atoms with Gasteiger partial charge in [-0.25, -0.2) is 0 Å². The molecular weight excluding hydrogens is 388 g/mol. The van der Waals surface area contributed by atoms with Crippen LogP contribution in [-0.2, 0) is 9.53 Å². The van der Waals surface area contributed by atoms with Gasteiger partial charge in [0.2, 0.25) is 0 Å². The Kier molecular flexibility index (Phi) is 24.2. The van der Waals surface area contributed by atoms with Crippen molar-refractivity contribution in [3.63, 3.8) is 0 Å². The number of ether oxygens (including phenoxy) is 1. The summed E-state index contributed by atoms with van der Waals surface area (Å²) in [5, 5.41) is 17.8. The average molecular weight is 439 g/mol. The Morgan fingerprint density at radius 2 is 1.23 bits per heavy atom. The zero-order valence-electron chi connectivity index (χ0n) is 20.2. The third kappa shape index (κ3) is 25.0. The minimum Gasteiger partial charge on any atom is -0.463 e. The first-order valence-corrected chi connectivity index (χ1v) is 12.9. The van der Waals surface area contributed by atoms with Crippen molar-refractivity contribution >= 4 is 5.97 Å². The van der Waals surface area contributed by atoms with E-state index in [1.807, 2.05) is 0 Å². The fourth-order valence-corrected chi connectivity index (χ4v) is 3.46. The maximum absolute atomic E-state index is 11.4. The van der Waals surface area contributed by atoms with Crippen LogP contribution in [-0.4, -0.2) is 35.5 Å². The van der Waals surface area contributed by atoms with Gasteiger partial charge in [0.05, 0.1) is 6.61 Å². The summed E-state index contributed by atoms with van der Waals surface area (Å²) in [5.74, 6) is -0.282. The molecule has 182 valence electrons. The van der Waals surface area contributed by atoms with Crippen molar-refractivity contribution in [1.82, 2.24) is 0 Å². The lowest BCUT2D eigenvalue weighted by Crippen LogP contribution is -2.21. The zero-order valence-corrected chi connectivity index (χ0v) is 20.2. The molecule has 0 radical (unpaired) electrons. The summed E-state index contributed by atoms with van der Waals surface area (Å²) in [6.07, 6.45) is 29.9. The molecule has 0 aliphatic carbocycles. The lowest BCUT2D eigenvalue weighted by molar-refractivity contribution is -0.147. The fraction of sp³-hybridized carbons (Fsp3) is 0.815. The van der Waals surface area contributed by atoms with Crippen LogP contribution in [0.25, 0.3) is 0 Å². The Bertz CT molecular complexity index is 431. The summed E-state index contributed by atoms with van der Waals surface area (Å²) in [5.41, 5.74) is 0. The van der Waals surface area contributed by atoms with Gasteiger partial charge in [0.25, 0.3) is 0 Å². The van der Waals surface area contributed by atoms with Crippen LogP contribution >= 0.6 is 0 Å². The standard InChI is InChI=1S/C27H50O4/c1-2-3-4-5-6-7-8-9-10-11-12-13-14-15-16-17-18-19-20-21-22-23-27(30)31-25-26(29)24-28/h8-9,11-12,26,28-29H,2-7,10,13-25H2,1H3/b9-8-,12-11-. The van der Waals surface area contributed by atoms with Gasteiger partial charge < -0.3 is 14.9 Å². The van der Waals surface area contributed by atoms with Gasteiger partial charge in [0, 0.05) is 6.42 Å². The number of aliphatic hydroxyl groups excluding tert-OH is 2. The van der Waals surface area contributed by atoms with E-state index in [0.717, 1.165) is 19.3 Å². The van der Waals surface area contributed by atoms with Crippen molar-refractivity contribution in [2.24, 2.45) is 0 Å². The van der Waals surface area contributed by atoms with Crippen molar-refractivity contribution in [1.29, 1.82) is 0 Å². The van der Waals surface area contributed by atoms with E-state index < -0.39 is 6.10 Å². The predicted molar refractivity (Wildman–Crippen MR) is 131 cm³/mol. The number of aliphatic hydroxyl groups is 2. The van der Waals surface area contributed by atoms with Crippen LogP contribution in [0.2, 0.25) is 0 Å². The first-order chi connectivity index (χ1) is 15.2. The predicted octanol–water partition coefficient (Wildman–Crippen LogP) is 7.04.